The number of aryl methyl sites for hydroxylation is 1. The zero-order valence-corrected chi connectivity index (χ0v) is 15.7. The number of hydrogen-bond donors (Lipinski definition) is 3. The van der Waals surface area contributed by atoms with E-state index in [9.17, 15) is 18.8 Å². The number of anilines is 1. The van der Waals surface area contributed by atoms with Gasteiger partial charge in [0.05, 0.1) is 0 Å². The first-order valence-corrected chi connectivity index (χ1v) is 8.73. The molecule has 0 aromatic heterocycles. The second-order valence-electron chi connectivity index (χ2n) is 6.15. The first-order chi connectivity index (χ1) is 13.3. The Kier molecular flexibility index (Phi) is 7.45. The van der Waals surface area contributed by atoms with E-state index in [-0.39, 0.29) is 30.5 Å². The maximum Gasteiger partial charge on any atom is 0.251 e. The van der Waals surface area contributed by atoms with Crippen molar-refractivity contribution in [2.45, 2.75) is 13.8 Å². The summed E-state index contributed by atoms with van der Waals surface area (Å²) in [4.78, 5) is 34.7. The summed E-state index contributed by atoms with van der Waals surface area (Å²) in [7, 11) is 0. The van der Waals surface area contributed by atoms with Crippen LogP contribution in [0.3, 0.4) is 0 Å². The van der Waals surface area contributed by atoms with Crippen molar-refractivity contribution >= 4 is 29.5 Å². The summed E-state index contributed by atoms with van der Waals surface area (Å²) in [6, 6.07) is 11.3. The SMILES string of the molecule is CC(=O)Nc1ccc(/C=C/C(=O)NCCNC(=O)c2ccc(C)c(F)c2)cc1. The van der Waals surface area contributed by atoms with Crippen molar-refractivity contribution in [2.75, 3.05) is 18.4 Å². The predicted octanol–water partition coefficient (Wildman–Crippen LogP) is 2.65. The Labute approximate surface area is 162 Å². The fourth-order valence-corrected chi connectivity index (χ4v) is 2.31. The van der Waals surface area contributed by atoms with Crippen LogP contribution in [0.25, 0.3) is 6.08 Å². The van der Waals surface area contributed by atoms with E-state index in [1.54, 1.807) is 49.4 Å². The van der Waals surface area contributed by atoms with Crippen LogP contribution in [0.5, 0.6) is 0 Å². The lowest BCUT2D eigenvalue weighted by atomic mass is 10.1. The van der Waals surface area contributed by atoms with E-state index in [1.165, 1.54) is 19.1 Å². The fraction of sp³-hybridized carbons (Fsp3) is 0.190. The molecule has 0 atom stereocenters. The van der Waals surface area contributed by atoms with Crippen molar-refractivity contribution in [3.05, 3.63) is 71.0 Å². The average Bonchev–Trinajstić information content (AvgIpc) is 2.66. The van der Waals surface area contributed by atoms with E-state index in [0.717, 1.165) is 5.56 Å². The van der Waals surface area contributed by atoms with Gasteiger partial charge in [-0.05, 0) is 48.4 Å². The van der Waals surface area contributed by atoms with Gasteiger partial charge in [0, 0.05) is 37.3 Å². The molecule has 6 nitrogen and oxygen atoms in total. The maximum atomic E-state index is 13.5. The lowest BCUT2D eigenvalue weighted by Crippen LogP contribution is -2.34. The van der Waals surface area contributed by atoms with Gasteiger partial charge >= 0.3 is 0 Å². The Morgan fingerprint density at radius 1 is 1.00 bits per heavy atom. The van der Waals surface area contributed by atoms with Crippen LogP contribution in [0, 0.1) is 12.7 Å². The van der Waals surface area contributed by atoms with Crippen LogP contribution in [0.4, 0.5) is 10.1 Å². The molecule has 7 heteroatoms. The average molecular weight is 383 g/mol. The summed E-state index contributed by atoms with van der Waals surface area (Å²) < 4.78 is 13.5. The molecular formula is C21H22FN3O3. The van der Waals surface area contributed by atoms with Crippen LogP contribution in [0.15, 0.2) is 48.5 Å². The molecule has 0 saturated heterocycles. The molecule has 0 fully saturated rings. The van der Waals surface area contributed by atoms with Crippen molar-refractivity contribution in [1.82, 2.24) is 10.6 Å². The number of benzene rings is 2. The van der Waals surface area contributed by atoms with Gasteiger partial charge in [-0.2, -0.15) is 0 Å². The zero-order valence-electron chi connectivity index (χ0n) is 15.7. The van der Waals surface area contributed by atoms with Crippen LogP contribution in [-0.4, -0.2) is 30.8 Å². The number of halogens is 1. The van der Waals surface area contributed by atoms with Gasteiger partial charge in [-0.3, -0.25) is 14.4 Å². The van der Waals surface area contributed by atoms with Crippen LogP contribution in [-0.2, 0) is 9.59 Å². The second-order valence-corrected chi connectivity index (χ2v) is 6.15. The summed E-state index contributed by atoms with van der Waals surface area (Å²) >= 11 is 0. The highest BCUT2D eigenvalue weighted by atomic mass is 19.1. The normalized spacial score (nSPS) is 10.5. The Hall–Kier alpha value is -3.48. The number of nitrogens with one attached hydrogen (secondary N) is 3. The third-order valence-corrected chi connectivity index (χ3v) is 3.80. The van der Waals surface area contributed by atoms with Crippen molar-refractivity contribution in [1.29, 1.82) is 0 Å². The number of hydrogen-bond acceptors (Lipinski definition) is 3. The van der Waals surface area contributed by atoms with Gasteiger partial charge in [-0.1, -0.05) is 18.2 Å². The van der Waals surface area contributed by atoms with Crippen molar-refractivity contribution in [3.63, 3.8) is 0 Å². The molecule has 0 aliphatic heterocycles. The van der Waals surface area contributed by atoms with Crippen LogP contribution < -0.4 is 16.0 Å². The molecule has 0 aliphatic carbocycles. The smallest absolute Gasteiger partial charge is 0.251 e. The van der Waals surface area contributed by atoms with E-state index >= 15 is 0 Å². The summed E-state index contributed by atoms with van der Waals surface area (Å²) in [6.45, 7) is 3.52. The molecule has 0 spiro atoms. The standard InChI is InChI=1S/C21H22FN3O3/c1-14-3-7-17(13-19(14)22)21(28)24-12-11-23-20(27)10-6-16-4-8-18(9-5-16)25-15(2)26/h3-10,13H,11-12H2,1-2H3,(H,23,27)(H,24,28)(H,25,26)/b10-6+. The first kappa shape index (κ1) is 20.8. The minimum absolute atomic E-state index is 0.151. The first-order valence-electron chi connectivity index (χ1n) is 8.73. The zero-order chi connectivity index (χ0) is 20.5. The fourth-order valence-electron chi connectivity index (χ4n) is 2.31. The Bertz CT molecular complexity index is 892. The van der Waals surface area contributed by atoms with Crippen molar-refractivity contribution in [3.8, 4) is 0 Å². The molecule has 0 radical (unpaired) electrons. The van der Waals surface area contributed by atoms with Crippen molar-refractivity contribution in [2.24, 2.45) is 0 Å². The molecule has 2 rings (SSSR count). The summed E-state index contributed by atoms with van der Waals surface area (Å²) in [5.74, 6) is -1.29. The summed E-state index contributed by atoms with van der Waals surface area (Å²) in [6.07, 6.45) is 3.02. The molecule has 2 aromatic rings. The molecule has 0 aliphatic rings. The maximum absolute atomic E-state index is 13.5. The number of carbonyl (C=O) groups excluding carboxylic acids is 3. The van der Waals surface area contributed by atoms with Crippen LogP contribution in [0.2, 0.25) is 0 Å². The van der Waals surface area contributed by atoms with Crippen molar-refractivity contribution < 1.29 is 18.8 Å². The molecule has 0 unspecified atom stereocenters. The lowest BCUT2D eigenvalue weighted by Gasteiger charge is -2.06. The monoisotopic (exact) mass is 383 g/mol. The Morgan fingerprint density at radius 3 is 2.32 bits per heavy atom. The number of amides is 3. The van der Waals surface area contributed by atoms with Gasteiger partial charge in [0.15, 0.2) is 0 Å². The molecular weight excluding hydrogens is 361 g/mol. The summed E-state index contributed by atoms with van der Waals surface area (Å²) in [5, 5.41) is 7.92. The Balaban J connectivity index is 1.73. The topological polar surface area (TPSA) is 87.3 Å². The number of rotatable bonds is 7. The van der Waals surface area contributed by atoms with E-state index in [1.807, 2.05) is 0 Å². The minimum atomic E-state index is -0.434. The van der Waals surface area contributed by atoms with E-state index < -0.39 is 11.7 Å². The van der Waals surface area contributed by atoms with Gasteiger partial charge in [0.1, 0.15) is 5.82 Å². The van der Waals surface area contributed by atoms with Gasteiger partial charge in [-0.15, -0.1) is 0 Å². The lowest BCUT2D eigenvalue weighted by molar-refractivity contribution is -0.116. The quantitative estimate of drug-likeness (QED) is 0.507. The molecule has 28 heavy (non-hydrogen) atoms. The molecule has 0 heterocycles. The highest BCUT2D eigenvalue weighted by Crippen LogP contribution is 2.11. The largest absolute Gasteiger partial charge is 0.351 e. The molecule has 146 valence electrons. The highest BCUT2D eigenvalue weighted by Gasteiger charge is 2.07. The highest BCUT2D eigenvalue weighted by molar-refractivity contribution is 5.94. The molecule has 0 saturated carbocycles. The van der Waals surface area contributed by atoms with E-state index in [2.05, 4.69) is 16.0 Å². The van der Waals surface area contributed by atoms with E-state index in [0.29, 0.717) is 11.3 Å². The van der Waals surface area contributed by atoms with Gasteiger partial charge < -0.3 is 16.0 Å². The third-order valence-electron chi connectivity index (χ3n) is 3.80. The van der Waals surface area contributed by atoms with Crippen LogP contribution in [0.1, 0.15) is 28.4 Å². The van der Waals surface area contributed by atoms with Crippen LogP contribution >= 0.6 is 0 Å². The molecule has 0 bridgehead atoms. The van der Waals surface area contributed by atoms with E-state index in [4.69, 9.17) is 0 Å². The number of carbonyl (C=O) groups is 3. The molecule has 2 aromatic carbocycles. The van der Waals surface area contributed by atoms with Gasteiger partial charge in [0.2, 0.25) is 11.8 Å². The predicted molar refractivity (Wildman–Crippen MR) is 106 cm³/mol. The Morgan fingerprint density at radius 2 is 1.68 bits per heavy atom. The van der Waals surface area contributed by atoms with Gasteiger partial charge in [0.25, 0.3) is 5.91 Å². The molecule has 3 amide bonds. The second kappa shape index (κ2) is 10.0. The molecule has 3 N–H and O–H groups in total. The minimum Gasteiger partial charge on any atom is -0.351 e. The summed E-state index contributed by atoms with van der Waals surface area (Å²) in [5.41, 5.74) is 2.19. The van der Waals surface area contributed by atoms with Gasteiger partial charge in [-0.25, -0.2) is 4.39 Å². The third kappa shape index (κ3) is 6.68.